The quantitative estimate of drug-likeness (QED) is 0.803. The molecule has 4 rings (SSSR count). The van der Waals surface area contributed by atoms with Crippen molar-refractivity contribution in [3.05, 3.63) is 40.7 Å². The number of rotatable bonds is 4. The third-order valence-corrected chi connectivity index (χ3v) is 6.62. The van der Waals surface area contributed by atoms with E-state index in [1.807, 2.05) is 0 Å². The number of benzene rings is 1. The van der Waals surface area contributed by atoms with Gasteiger partial charge in [0.15, 0.2) is 0 Å². The van der Waals surface area contributed by atoms with Gasteiger partial charge in [-0.15, -0.1) is 22.6 Å². The van der Waals surface area contributed by atoms with Gasteiger partial charge < -0.3 is 11.1 Å². The standard InChI is InChI=1S/C19H23FN4OS.ClH/c20-15-7-2-1-4-11(15)10-16-23-24-19(26-16)22-18(25)14-8-12-5-3-6-13(9-14)17(12)21;/h1-2,4,7,12-14,17H,3,5-6,8-10,21H2,(H,22,24,25);1H. The molecule has 2 aromatic rings. The Balaban J connectivity index is 0.00000210. The van der Waals surface area contributed by atoms with Gasteiger partial charge in [0.2, 0.25) is 11.0 Å². The summed E-state index contributed by atoms with van der Waals surface area (Å²) in [5.74, 6) is 0.693. The van der Waals surface area contributed by atoms with E-state index in [-0.39, 0.29) is 36.1 Å². The zero-order valence-electron chi connectivity index (χ0n) is 14.9. The van der Waals surface area contributed by atoms with Crippen molar-refractivity contribution in [3.8, 4) is 0 Å². The first-order valence-electron chi connectivity index (χ1n) is 9.22. The first-order chi connectivity index (χ1) is 12.6. The van der Waals surface area contributed by atoms with E-state index in [9.17, 15) is 9.18 Å². The molecule has 8 heteroatoms. The highest BCUT2D eigenvalue weighted by molar-refractivity contribution is 7.15. The molecule has 146 valence electrons. The van der Waals surface area contributed by atoms with Gasteiger partial charge in [0.25, 0.3) is 0 Å². The summed E-state index contributed by atoms with van der Waals surface area (Å²) in [7, 11) is 0. The van der Waals surface area contributed by atoms with Gasteiger partial charge in [-0.1, -0.05) is 36.0 Å². The summed E-state index contributed by atoms with van der Waals surface area (Å²) in [5.41, 5.74) is 6.88. The number of fused-ring (bicyclic) bond motifs is 2. The number of hydrogen-bond acceptors (Lipinski definition) is 5. The number of anilines is 1. The van der Waals surface area contributed by atoms with Crippen LogP contribution in [0.4, 0.5) is 9.52 Å². The van der Waals surface area contributed by atoms with E-state index >= 15 is 0 Å². The van der Waals surface area contributed by atoms with E-state index in [0.717, 1.165) is 25.7 Å². The lowest BCUT2D eigenvalue weighted by atomic mass is 9.65. The van der Waals surface area contributed by atoms with Gasteiger partial charge in [-0.3, -0.25) is 4.79 Å². The molecule has 1 heterocycles. The van der Waals surface area contributed by atoms with Crippen LogP contribution in [0.3, 0.4) is 0 Å². The van der Waals surface area contributed by atoms with E-state index in [1.165, 1.54) is 23.8 Å². The Bertz CT molecular complexity index is 788. The predicted octanol–water partition coefficient (Wildman–Crippen LogP) is 3.78. The fourth-order valence-electron chi connectivity index (χ4n) is 4.39. The Morgan fingerprint density at radius 3 is 2.63 bits per heavy atom. The second-order valence-electron chi connectivity index (χ2n) is 7.46. The maximum absolute atomic E-state index is 13.8. The molecule has 1 aromatic heterocycles. The highest BCUT2D eigenvalue weighted by Gasteiger charge is 2.40. The van der Waals surface area contributed by atoms with Crippen molar-refractivity contribution in [2.45, 2.75) is 44.6 Å². The van der Waals surface area contributed by atoms with Crippen LogP contribution in [0.1, 0.15) is 42.7 Å². The molecule has 2 atom stereocenters. The van der Waals surface area contributed by atoms with Crippen molar-refractivity contribution >= 4 is 34.8 Å². The van der Waals surface area contributed by atoms with Gasteiger partial charge in [0, 0.05) is 18.4 Å². The van der Waals surface area contributed by atoms with Crippen LogP contribution in [0, 0.1) is 23.6 Å². The molecule has 2 bridgehead atoms. The van der Waals surface area contributed by atoms with Crippen LogP contribution in [0.15, 0.2) is 24.3 Å². The van der Waals surface area contributed by atoms with Crippen LogP contribution in [0.2, 0.25) is 0 Å². The van der Waals surface area contributed by atoms with Crippen LogP contribution >= 0.6 is 23.7 Å². The molecule has 2 fully saturated rings. The molecule has 1 aromatic carbocycles. The zero-order valence-corrected chi connectivity index (χ0v) is 16.6. The summed E-state index contributed by atoms with van der Waals surface area (Å²) in [4.78, 5) is 12.7. The molecule has 2 unspecified atom stereocenters. The Kier molecular flexibility index (Phi) is 6.44. The maximum Gasteiger partial charge on any atom is 0.229 e. The maximum atomic E-state index is 13.8. The summed E-state index contributed by atoms with van der Waals surface area (Å²) in [5, 5.41) is 12.2. The van der Waals surface area contributed by atoms with E-state index in [0.29, 0.717) is 34.0 Å². The van der Waals surface area contributed by atoms with Crippen molar-refractivity contribution < 1.29 is 9.18 Å². The number of nitrogens with two attached hydrogens (primary N) is 1. The average molecular weight is 411 g/mol. The molecule has 0 saturated heterocycles. The molecule has 1 amide bonds. The van der Waals surface area contributed by atoms with Crippen molar-refractivity contribution in [1.29, 1.82) is 0 Å². The Morgan fingerprint density at radius 1 is 1.22 bits per heavy atom. The van der Waals surface area contributed by atoms with E-state index in [2.05, 4.69) is 15.5 Å². The van der Waals surface area contributed by atoms with Crippen LogP contribution in [-0.4, -0.2) is 22.1 Å². The molecule has 0 radical (unpaired) electrons. The van der Waals surface area contributed by atoms with Gasteiger partial charge in [-0.25, -0.2) is 4.39 Å². The highest BCUT2D eigenvalue weighted by atomic mass is 35.5. The normalized spacial score (nSPS) is 26.9. The second-order valence-corrected chi connectivity index (χ2v) is 8.52. The first-order valence-corrected chi connectivity index (χ1v) is 10.0. The van der Waals surface area contributed by atoms with E-state index in [1.54, 1.807) is 18.2 Å². The van der Waals surface area contributed by atoms with E-state index in [4.69, 9.17) is 5.73 Å². The summed E-state index contributed by atoms with van der Waals surface area (Å²) in [6.07, 6.45) is 5.60. The minimum absolute atomic E-state index is 0. The number of carbonyl (C=O) groups is 1. The van der Waals surface area contributed by atoms with Gasteiger partial charge in [0.05, 0.1) is 0 Å². The number of aromatic nitrogens is 2. The summed E-state index contributed by atoms with van der Waals surface area (Å²) in [6.45, 7) is 0. The van der Waals surface area contributed by atoms with Crippen molar-refractivity contribution in [2.75, 3.05) is 5.32 Å². The van der Waals surface area contributed by atoms with Crippen molar-refractivity contribution in [3.63, 3.8) is 0 Å². The molecule has 2 aliphatic rings. The zero-order chi connectivity index (χ0) is 18.1. The first kappa shape index (κ1) is 20.2. The van der Waals surface area contributed by atoms with Crippen LogP contribution in [-0.2, 0) is 11.2 Å². The molecular weight excluding hydrogens is 387 g/mol. The summed E-state index contributed by atoms with van der Waals surface area (Å²) >= 11 is 1.31. The molecule has 2 aliphatic carbocycles. The molecule has 0 spiro atoms. The smallest absolute Gasteiger partial charge is 0.229 e. The number of nitrogens with one attached hydrogen (secondary N) is 1. The van der Waals surface area contributed by atoms with Crippen LogP contribution in [0.25, 0.3) is 0 Å². The monoisotopic (exact) mass is 410 g/mol. The fraction of sp³-hybridized carbons (Fsp3) is 0.526. The van der Waals surface area contributed by atoms with E-state index < -0.39 is 0 Å². The lowest BCUT2D eigenvalue weighted by Crippen LogP contribution is -2.48. The Hall–Kier alpha value is -1.57. The number of nitrogens with zero attached hydrogens (tertiary/aromatic N) is 2. The van der Waals surface area contributed by atoms with Gasteiger partial charge in [-0.2, -0.15) is 0 Å². The number of halogens is 2. The topological polar surface area (TPSA) is 80.9 Å². The molecule has 3 N–H and O–H groups in total. The van der Waals surface area contributed by atoms with Crippen LogP contribution < -0.4 is 11.1 Å². The van der Waals surface area contributed by atoms with Gasteiger partial charge in [-0.05, 0) is 49.1 Å². The average Bonchev–Trinajstić information content (AvgIpc) is 3.03. The number of carbonyl (C=O) groups excluding carboxylic acids is 1. The second kappa shape index (κ2) is 8.63. The summed E-state index contributed by atoms with van der Waals surface area (Å²) < 4.78 is 13.8. The Morgan fingerprint density at radius 2 is 1.93 bits per heavy atom. The predicted molar refractivity (Wildman–Crippen MR) is 107 cm³/mol. The van der Waals surface area contributed by atoms with Gasteiger partial charge in [0.1, 0.15) is 10.8 Å². The third kappa shape index (κ3) is 4.47. The minimum atomic E-state index is -0.252. The lowest BCUT2D eigenvalue weighted by Gasteiger charge is -2.43. The van der Waals surface area contributed by atoms with Crippen molar-refractivity contribution in [1.82, 2.24) is 10.2 Å². The molecular formula is C19H24ClFN4OS. The molecule has 2 saturated carbocycles. The highest BCUT2D eigenvalue weighted by Crippen LogP contribution is 2.42. The number of amides is 1. The largest absolute Gasteiger partial charge is 0.327 e. The molecule has 0 aliphatic heterocycles. The summed E-state index contributed by atoms with van der Waals surface area (Å²) in [6, 6.07) is 6.88. The molecule has 27 heavy (non-hydrogen) atoms. The van der Waals surface area contributed by atoms with Crippen molar-refractivity contribution in [2.24, 2.45) is 23.5 Å². The lowest BCUT2D eigenvalue weighted by molar-refractivity contribution is -0.122. The fourth-order valence-corrected chi connectivity index (χ4v) is 5.16. The number of hydrogen-bond donors (Lipinski definition) is 2. The molecule has 5 nitrogen and oxygen atoms in total. The van der Waals surface area contributed by atoms with Gasteiger partial charge >= 0.3 is 0 Å². The SMILES string of the molecule is Cl.NC1C2CCCC1CC(C(=O)Nc1nnc(Cc3ccccc3F)s1)C2. The third-order valence-electron chi connectivity index (χ3n) is 5.78. The minimum Gasteiger partial charge on any atom is -0.327 e. The Labute approximate surface area is 168 Å². The van der Waals surface area contributed by atoms with Crippen LogP contribution in [0.5, 0.6) is 0 Å².